The number of amides is 1. The molecule has 3 aromatic rings. The van der Waals surface area contributed by atoms with E-state index in [0.29, 0.717) is 11.2 Å². The van der Waals surface area contributed by atoms with Gasteiger partial charge in [0.1, 0.15) is 0 Å². The zero-order valence-electron chi connectivity index (χ0n) is 11.3. The number of anilines is 1. The minimum atomic E-state index is -0.584. The van der Waals surface area contributed by atoms with Gasteiger partial charge in [-0.2, -0.15) is 5.10 Å². The third-order valence-electron chi connectivity index (χ3n) is 3.40. The van der Waals surface area contributed by atoms with Gasteiger partial charge in [-0.1, -0.05) is 30.9 Å². The Morgan fingerprint density at radius 1 is 1.29 bits per heavy atom. The van der Waals surface area contributed by atoms with Crippen LogP contribution in [0.3, 0.4) is 0 Å². The summed E-state index contributed by atoms with van der Waals surface area (Å²) in [5.74, 6) is -0.584. The van der Waals surface area contributed by atoms with Crippen molar-refractivity contribution < 1.29 is 4.79 Å². The Balaban J connectivity index is 2.19. The van der Waals surface area contributed by atoms with Gasteiger partial charge in [0.25, 0.3) is 5.91 Å². The molecular weight excluding hydrogens is 264 g/mol. The van der Waals surface area contributed by atoms with Crippen molar-refractivity contribution >= 4 is 23.2 Å². The van der Waals surface area contributed by atoms with E-state index >= 15 is 0 Å². The molecule has 1 amide bonds. The normalized spacial score (nSPS) is 10.7. The maximum Gasteiger partial charge on any atom is 0.252 e. The van der Waals surface area contributed by atoms with Crippen LogP contribution >= 0.6 is 0 Å². The van der Waals surface area contributed by atoms with Crippen molar-refractivity contribution in [1.82, 2.24) is 9.61 Å². The van der Waals surface area contributed by atoms with Crippen LogP contribution in [-0.4, -0.2) is 15.5 Å². The van der Waals surface area contributed by atoms with Crippen molar-refractivity contribution in [2.24, 2.45) is 5.73 Å². The first-order chi connectivity index (χ1) is 10.1. The standard InChI is InChI=1S/C16H14N4O/c1-2-10-4-3-5-11(6-10)12-7-14-15(17)13(16(18)21)8-19-20(14)9-12/h2-9H,1,17H2,(H2,18,21). The topological polar surface area (TPSA) is 86.4 Å². The summed E-state index contributed by atoms with van der Waals surface area (Å²) in [5, 5.41) is 4.17. The zero-order valence-corrected chi connectivity index (χ0v) is 11.3. The Hall–Kier alpha value is -3.08. The molecule has 2 heterocycles. The number of carbonyl (C=O) groups is 1. The zero-order chi connectivity index (χ0) is 15.0. The molecule has 0 radical (unpaired) electrons. The summed E-state index contributed by atoms with van der Waals surface area (Å²) in [7, 11) is 0. The van der Waals surface area contributed by atoms with Crippen molar-refractivity contribution in [2.45, 2.75) is 0 Å². The highest BCUT2D eigenvalue weighted by Crippen LogP contribution is 2.27. The molecule has 21 heavy (non-hydrogen) atoms. The van der Waals surface area contributed by atoms with Crippen molar-refractivity contribution in [3.05, 3.63) is 60.4 Å². The highest BCUT2D eigenvalue weighted by molar-refractivity contribution is 6.01. The quantitative estimate of drug-likeness (QED) is 0.770. The Labute approximate surface area is 121 Å². The maximum absolute atomic E-state index is 11.3. The molecule has 2 aromatic heterocycles. The fourth-order valence-electron chi connectivity index (χ4n) is 2.28. The lowest BCUT2D eigenvalue weighted by Gasteiger charge is -2.02. The number of rotatable bonds is 3. The largest absolute Gasteiger partial charge is 0.396 e. The average Bonchev–Trinajstić information content (AvgIpc) is 2.92. The molecule has 0 bridgehead atoms. The molecule has 5 nitrogen and oxygen atoms in total. The fourth-order valence-corrected chi connectivity index (χ4v) is 2.28. The van der Waals surface area contributed by atoms with Crippen LogP contribution in [0.2, 0.25) is 0 Å². The van der Waals surface area contributed by atoms with Crippen molar-refractivity contribution in [3.63, 3.8) is 0 Å². The first kappa shape index (κ1) is 12.9. The van der Waals surface area contributed by atoms with E-state index in [0.717, 1.165) is 16.7 Å². The molecule has 0 aliphatic rings. The predicted molar refractivity (Wildman–Crippen MR) is 83.6 cm³/mol. The first-order valence-corrected chi connectivity index (χ1v) is 6.39. The summed E-state index contributed by atoms with van der Waals surface area (Å²) in [4.78, 5) is 11.3. The molecule has 0 saturated carbocycles. The highest BCUT2D eigenvalue weighted by Gasteiger charge is 2.12. The number of nitrogen functional groups attached to an aromatic ring is 1. The van der Waals surface area contributed by atoms with Crippen LogP contribution in [0.15, 0.2) is 49.3 Å². The number of nitrogens with zero attached hydrogens (tertiary/aromatic N) is 2. The van der Waals surface area contributed by atoms with Gasteiger partial charge in [-0.25, -0.2) is 4.52 Å². The molecule has 5 heteroatoms. The van der Waals surface area contributed by atoms with E-state index < -0.39 is 5.91 Å². The summed E-state index contributed by atoms with van der Waals surface area (Å²) < 4.78 is 1.64. The molecule has 0 aliphatic heterocycles. The fraction of sp³-hybridized carbons (Fsp3) is 0. The summed E-state index contributed by atoms with van der Waals surface area (Å²) in [6, 6.07) is 9.83. The molecule has 0 atom stereocenters. The molecule has 104 valence electrons. The maximum atomic E-state index is 11.3. The molecule has 0 aliphatic carbocycles. The van der Waals surface area contributed by atoms with Gasteiger partial charge >= 0.3 is 0 Å². The van der Waals surface area contributed by atoms with Crippen molar-refractivity contribution in [1.29, 1.82) is 0 Å². The number of nitrogens with two attached hydrogens (primary N) is 2. The van der Waals surface area contributed by atoms with E-state index in [1.165, 1.54) is 6.20 Å². The number of hydrogen-bond donors (Lipinski definition) is 2. The summed E-state index contributed by atoms with van der Waals surface area (Å²) >= 11 is 0. The summed E-state index contributed by atoms with van der Waals surface area (Å²) in [5.41, 5.74) is 15.5. The van der Waals surface area contributed by atoms with E-state index in [1.54, 1.807) is 10.6 Å². The van der Waals surface area contributed by atoms with Crippen LogP contribution in [0, 0.1) is 0 Å². The average molecular weight is 278 g/mol. The Bertz CT molecular complexity index is 864. The van der Waals surface area contributed by atoms with Gasteiger partial charge in [0.05, 0.1) is 23.0 Å². The third kappa shape index (κ3) is 2.14. The number of benzene rings is 1. The smallest absolute Gasteiger partial charge is 0.252 e. The van der Waals surface area contributed by atoms with Gasteiger partial charge < -0.3 is 11.5 Å². The number of hydrogen-bond acceptors (Lipinski definition) is 3. The van der Waals surface area contributed by atoms with Crippen LogP contribution in [0.4, 0.5) is 5.69 Å². The van der Waals surface area contributed by atoms with E-state index in [1.807, 2.05) is 36.5 Å². The highest BCUT2D eigenvalue weighted by atomic mass is 16.1. The lowest BCUT2D eigenvalue weighted by molar-refractivity contribution is 0.100. The van der Waals surface area contributed by atoms with Crippen LogP contribution in [0.25, 0.3) is 22.7 Å². The molecule has 0 spiro atoms. The minimum absolute atomic E-state index is 0.229. The molecule has 0 fully saturated rings. The van der Waals surface area contributed by atoms with Gasteiger partial charge in [-0.15, -0.1) is 0 Å². The minimum Gasteiger partial charge on any atom is -0.396 e. The number of fused-ring (bicyclic) bond motifs is 1. The summed E-state index contributed by atoms with van der Waals surface area (Å²) in [6.45, 7) is 3.76. The summed E-state index contributed by atoms with van der Waals surface area (Å²) in [6.07, 6.45) is 5.03. The van der Waals surface area contributed by atoms with Gasteiger partial charge in [0.15, 0.2) is 0 Å². The Morgan fingerprint density at radius 2 is 2.10 bits per heavy atom. The number of aromatic nitrogens is 2. The monoisotopic (exact) mass is 278 g/mol. The molecule has 4 N–H and O–H groups in total. The Kier molecular flexibility index (Phi) is 2.95. The SMILES string of the molecule is C=Cc1cccc(-c2cc3c(N)c(C(N)=O)cnn3c2)c1. The molecule has 1 aromatic carbocycles. The van der Waals surface area contributed by atoms with Crippen LogP contribution in [-0.2, 0) is 0 Å². The third-order valence-corrected chi connectivity index (χ3v) is 3.40. The van der Waals surface area contributed by atoms with E-state index in [9.17, 15) is 4.79 Å². The second kappa shape index (κ2) is 4.79. The van der Waals surface area contributed by atoms with Gasteiger partial charge in [-0.3, -0.25) is 4.79 Å². The number of carbonyl (C=O) groups excluding carboxylic acids is 1. The first-order valence-electron chi connectivity index (χ1n) is 6.39. The molecule has 0 unspecified atom stereocenters. The van der Waals surface area contributed by atoms with Gasteiger partial charge in [-0.05, 0) is 23.3 Å². The Morgan fingerprint density at radius 3 is 2.81 bits per heavy atom. The van der Waals surface area contributed by atoms with E-state index in [4.69, 9.17) is 11.5 Å². The lowest BCUT2D eigenvalue weighted by atomic mass is 10.1. The number of primary amides is 1. The van der Waals surface area contributed by atoms with Crippen LogP contribution in [0.1, 0.15) is 15.9 Å². The molecule has 3 rings (SSSR count). The van der Waals surface area contributed by atoms with E-state index in [2.05, 4.69) is 11.7 Å². The second-order valence-electron chi connectivity index (χ2n) is 4.72. The van der Waals surface area contributed by atoms with Gasteiger partial charge in [0, 0.05) is 11.8 Å². The second-order valence-corrected chi connectivity index (χ2v) is 4.72. The van der Waals surface area contributed by atoms with Crippen molar-refractivity contribution in [2.75, 3.05) is 5.73 Å². The molecule has 0 saturated heterocycles. The lowest BCUT2D eigenvalue weighted by Crippen LogP contribution is -2.15. The van der Waals surface area contributed by atoms with Crippen LogP contribution < -0.4 is 11.5 Å². The molecular formula is C16H14N4O. The predicted octanol–water partition coefficient (Wildman–Crippen LogP) is 2.33. The van der Waals surface area contributed by atoms with Crippen LogP contribution in [0.5, 0.6) is 0 Å². The van der Waals surface area contributed by atoms with Gasteiger partial charge in [0.2, 0.25) is 0 Å². The van der Waals surface area contributed by atoms with Crippen molar-refractivity contribution in [3.8, 4) is 11.1 Å². The van der Waals surface area contributed by atoms with E-state index in [-0.39, 0.29) is 5.56 Å².